The molecule has 0 amide bonds. The second-order valence-corrected chi connectivity index (χ2v) is 9.86. The Bertz CT molecular complexity index is 313. The minimum atomic E-state index is 0.443. The highest BCUT2D eigenvalue weighted by atomic mass is 15.2. The molecule has 0 aromatic rings. The number of nitrogens with zero attached hydrogens (tertiary/aromatic N) is 2. The molecule has 2 nitrogen and oxygen atoms in total. The van der Waals surface area contributed by atoms with Crippen molar-refractivity contribution in [2.24, 2.45) is 16.2 Å². The van der Waals surface area contributed by atoms with Gasteiger partial charge in [-0.25, -0.2) is 0 Å². The normalized spacial score (nSPS) is 25.5. The molecule has 2 rings (SSSR count). The van der Waals surface area contributed by atoms with Crippen LogP contribution in [0.15, 0.2) is 0 Å². The van der Waals surface area contributed by atoms with Crippen LogP contribution in [0.4, 0.5) is 0 Å². The van der Waals surface area contributed by atoms with E-state index in [1.54, 1.807) is 0 Å². The van der Waals surface area contributed by atoms with E-state index in [4.69, 9.17) is 0 Å². The van der Waals surface area contributed by atoms with Gasteiger partial charge in [0, 0.05) is 19.6 Å². The van der Waals surface area contributed by atoms with Crippen LogP contribution in [0.2, 0.25) is 0 Å². The van der Waals surface area contributed by atoms with E-state index < -0.39 is 0 Å². The topological polar surface area (TPSA) is 6.48 Å². The fourth-order valence-corrected chi connectivity index (χ4v) is 4.10. The Morgan fingerprint density at radius 1 is 0.700 bits per heavy atom. The standard InChI is InChI=1S/C18H36N2/c1-16(2,3)13-19-10-7-18(8-11-19)9-12-20(15-18)14-17(4,5)6/h7-15H2,1-6H3. The molecule has 0 atom stereocenters. The molecular weight excluding hydrogens is 244 g/mol. The van der Waals surface area contributed by atoms with Crippen molar-refractivity contribution in [3.05, 3.63) is 0 Å². The molecule has 2 heterocycles. The van der Waals surface area contributed by atoms with Crippen molar-refractivity contribution in [3.63, 3.8) is 0 Å². The molecule has 20 heavy (non-hydrogen) atoms. The maximum absolute atomic E-state index is 2.72. The second kappa shape index (κ2) is 5.61. The summed E-state index contributed by atoms with van der Waals surface area (Å²) in [5.41, 5.74) is 1.54. The molecule has 0 saturated carbocycles. The number of hydrogen-bond acceptors (Lipinski definition) is 2. The fourth-order valence-electron chi connectivity index (χ4n) is 4.10. The summed E-state index contributed by atoms with van der Waals surface area (Å²) >= 11 is 0. The summed E-state index contributed by atoms with van der Waals surface area (Å²) in [6.07, 6.45) is 4.28. The van der Waals surface area contributed by atoms with Crippen molar-refractivity contribution in [1.82, 2.24) is 9.80 Å². The molecule has 2 aliphatic heterocycles. The van der Waals surface area contributed by atoms with Crippen molar-refractivity contribution in [2.45, 2.75) is 60.8 Å². The Labute approximate surface area is 126 Å². The molecule has 1 spiro atoms. The first-order valence-electron chi connectivity index (χ1n) is 8.52. The molecule has 0 bridgehead atoms. The zero-order chi connectivity index (χ0) is 15.0. The SMILES string of the molecule is CC(C)(C)CN1CCC2(CC1)CCN(CC(C)(C)C)C2. The molecule has 2 aliphatic rings. The van der Waals surface area contributed by atoms with Gasteiger partial charge >= 0.3 is 0 Å². The highest BCUT2D eigenvalue weighted by molar-refractivity contribution is 4.95. The third-order valence-electron chi connectivity index (χ3n) is 4.83. The van der Waals surface area contributed by atoms with Crippen molar-refractivity contribution in [1.29, 1.82) is 0 Å². The lowest BCUT2D eigenvalue weighted by Crippen LogP contribution is -2.44. The van der Waals surface area contributed by atoms with Crippen molar-refractivity contribution in [3.8, 4) is 0 Å². The summed E-state index contributed by atoms with van der Waals surface area (Å²) in [6.45, 7) is 22.0. The van der Waals surface area contributed by atoms with E-state index in [-0.39, 0.29) is 0 Å². The molecular formula is C18H36N2. The van der Waals surface area contributed by atoms with E-state index in [9.17, 15) is 0 Å². The van der Waals surface area contributed by atoms with Gasteiger partial charge in [-0.3, -0.25) is 0 Å². The van der Waals surface area contributed by atoms with Gasteiger partial charge in [-0.1, -0.05) is 41.5 Å². The van der Waals surface area contributed by atoms with Gasteiger partial charge in [-0.15, -0.1) is 0 Å². The van der Waals surface area contributed by atoms with Gasteiger partial charge in [0.05, 0.1) is 0 Å². The minimum Gasteiger partial charge on any atom is -0.303 e. The summed E-state index contributed by atoms with van der Waals surface area (Å²) < 4.78 is 0. The maximum atomic E-state index is 2.72. The molecule has 2 saturated heterocycles. The minimum absolute atomic E-state index is 0.443. The number of likely N-dealkylation sites (tertiary alicyclic amines) is 2. The summed E-state index contributed by atoms with van der Waals surface area (Å²) in [5.74, 6) is 0. The van der Waals surface area contributed by atoms with Gasteiger partial charge < -0.3 is 9.80 Å². The van der Waals surface area contributed by atoms with Gasteiger partial charge in [-0.05, 0) is 55.1 Å². The highest BCUT2D eigenvalue weighted by Gasteiger charge is 2.41. The zero-order valence-electron chi connectivity index (χ0n) is 14.8. The molecule has 2 heteroatoms. The van der Waals surface area contributed by atoms with Crippen LogP contribution in [0.3, 0.4) is 0 Å². The van der Waals surface area contributed by atoms with Crippen LogP contribution < -0.4 is 0 Å². The Kier molecular flexibility index (Phi) is 4.57. The molecule has 0 aromatic carbocycles. The number of rotatable bonds is 2. The highest BCUT2D eigenvalue weighted by Crippen LogP contribution is 2.41. The first-order valence-corrected chi connectivity index (χ1v) is 8.52. The summed E-state index contributed by atoms with van der Waals surface area (Å²) in [5, 5.41) is 0. The smallest absolute Gasteiger partial charge is 0.00396 e. The van der Waals surface area contributed by atoms with E-state index in [0.29, 0.717) is 16.2 Å². The van der Waals surface area contributed by atoms with Crippen LogP contribution >= 0.6 is 0 Å². The van der Waals surface area contributed by atoms with Gasteiger partial charge in [0.2, 0.25) is 0 Å². The number of piperidine rings is 1. The van der Waals surface area contributed by atoms with E-state index in [2.05, 4.69) is 51.3 Å². The predicted octanol–water partition coefficient (Wildman–Crippen LogP) is 3.87. The fraction of sp³-hybridized carbons (Fsp3) is 1.00. The van der Waals surface area contributed by atoms with Crippen LogP contribution in [0.1, 0.15) is 60.8 Å². The molecule has 118 valence electrons. The Balaban J connectivity index is 1.82. The summed E-state index contributed by atoms with van der Waals surface area (Å²) in [7, 11) is 0. The van der Waals surface area contributed by atoms with Crippen LogP contribution in [0.5, 0.6) is 0 Å². The average molecular weight is 280 g/mol. The third kappa shape index (κ3) is 4.73. The van der Waals surface area contributed by atoms with Gasteiger partial charge in [0.15, 0.2) is 0 Å². The second-order valence-electron chi connectivity index (χ2n) is 9.86. The maximum Gasteiger partial charge on any atom is 0.00396 e. The molecule has 0 N–H and O–H groups in total. The van der Waals surface area contributed by atoms with E-state index in [1.807, 2.05) is 0 Å². The molecule has 0 radical (unpaired) electrons. The largest absolute Gasteiger partial charge is 0.303 e. The quantitative estimate of drug-likeness (QED) is 0.758. The van der Waals surface area contributed by atoms with Crippen LogP contribution in [-0.2, 0) is 0 Å². The van der Waals surface area contributed by atoms with E-state index in [0.717, 1.165) is 0 Å². The lowest BCUT2D eigenvalue weighted by Gasteiger charge is -2.41. The Morgan fingerprint density at radius 2 is 1.10 bits per heavy atom. The molecule has 2 fully saturated rings. The van der Waals surface area contributed by atoms with Crippen LogP contribution in [0, 0.1) is 16.2 Å². The van der Waals surface area contributed by atoms with E-state index >= 15 is 0 Å². The Morgan fingerprint density at radius 3 is 1.55 bits per heavy atom. The zero-order valence-corrected chi connectivity index (χ0v) is 14.8. The van der Waals surface area contributed by atoms with Crippen molar-refractivity contribution < 1.29 is 0 Å². The summed E-state index contributed by atoms with van der Waals surface area (Å²) in [6, 6.07) is 0. The molecule has 0 unspecified atom stereocenters. The first kappa shape index (κ1) is 16.3. The first-order chi connectivity index (χ1) is 9.07. The Hall–Kier alpha value is -0.0800. The average Bonchev–Trinajstić information content (AvgIpc) is 2.61. The van der Waals surface area contributed by atoms with Gasteiger partial charge in [-0.2, -0.15) is 0 Å². The van der Waals surface area contributed by atoms with Gasteiger partial charge in [0.1, 0.15) is 0 Å². The molecule has 0 aliphatic carbocycles. The van der Waals surface area contributed by atoms with E-state index in [1.165, 1.54) is 58.5 Å². The molecule has 0 aromatic heterocycles. The summed E-state index contributed by atoms with van der Waals surface area (Å²) in [4.78, 5) is 5.41. The lowest BCUT2D eigenvalue weighted by atomic mass is 9.77. The number of hydrogen-bond donors (Lipinski definition) is 0. The van der Waals surface area contributed by atoms with Crippen LogP contribution in [0.25, 0.3) is 0 Å². The lowest BCUT2D eigenvalue weighted by molar-refractivity contribution is 0.0796. The van der Waals surface area contributed by atoms with Gasteiger partial charge in [0.25, 0.3) is 0 Å². The van der Waals surface area contributed by atoms with Crippen LogP contribution in [-0.4, -0.2) is 49.1 Å². The van der Waals surface area contributed by atoms with Crippen molar-refractivity contribution >= 4 is 0 Å². The predicted molar refractivity (Wildman–Crippen MR) is 88.1 cm³/mol. The third-order valence-corrected chi connectivity index (χ3v) is 4.83. The van der Waals surface area contributed by atoms with Crippen molar-refractivity contribution in [2.75, 3.05) is 39.3 Å². The monoisotopic (exact) mass is 280 g/mol.